The molecule has 0 heterocycles. The molecule has 2 aromatic rings. The summed E-state index contributed by atoms with van der Waals surface area (Å²) in [7, 11) is 1.31. The van der Waals surface area contributed by atoms with E-state index in [0.717, 1.165) is 5.56 Å². The van der Waals surface area contributed by atoms with Crippen LogP contribution in [0.15, 0.2) is 53.0 Å². The van der Waals surface area contributed by atoms with Crippen LogP contribution in [-0.4, -0.2) is 25.2 Å². The average molecular weight is 421 g/mol. The number of ether oxygens (including phenoxy) is 3. The van der Waals surface area contributed by atoms with E-state index in [1.807, 2.05) is 44.2 Å². The van der Waals surface area contributed by atoms with E-state index in [4.69, 9.17) is 14.2 Å². The maximum absolute atomic E-state index is 12.3. The Bertz CT molecular complexity index is 758. The van der Waals surface area contributed by atoms with Gasteiger partial charge >= 0.3 is 11.9 Å². The lowest BCUT2D eigenvalue weighted by atomic mass is 10.1. The molecule has 0 saturated heterocycles. The third-order valence-electron chi connectivity index (χ3n) is 3.67. The molecule has 1 unspecified atom stereocenters. The van der Waals surface area contributed by atoms with Gasteiger partial charge in [-0.1, -0.05) is 44.2 Å². The van der Waals surface area contributed by atoms with Crippen LogP contribution in [0.1, 0.15) is 29.8 Å². The quantitative estimate of drug-likeness (QED) is 0.621. The molecule has 138 valence electrons. The van der Waals surface area contributed by atoms with Crippen molar-refractivity contribution in [3.8, 4) is 5.75 Å². The van der Waals surface area contributed by atoms with Crippen LogP contribution < -0.4 is 4.74 Å². The lowest BCUT2D eigenvalue weighted by Crippen LogP contribution is -2.33. The van der Waals surface area contributed by atoms with Crippen LogP contribution in [0.25, 0.3) is 0 Å². The van der Waals surface area contributed by atoms with Crippen LogP contribution in [-0.2, 0) is 20.9 Å². The first-order valence-corrected chi connectivity index (χ1v) is 8.96. The first-order valence-electron chi connectivity index (χ1n) is 8.17. The molecule has 26 heavy (non-hydrogen) atoms. The molecule has 0 fully saturated rings. The highest BCUT2D eigenvalue weighted by Crippen LogP contribution is 2.29. The number of benzene rings is 2. The van der Waals surface area contributed by atoms with Gasteiger partial charge in [0.1, 0.15) is 12.4 Å². The number of rotatable bonds is 7. The lowest BCUT2D eigenvalue weighted by molar-refractivity contribution is -0.150. The number of methoxy groups -OCH3 is 1. The van der Waals surface area contributed by atoms with Gasteiger partial charge in [0.25, 0.3) is 0 Å². The standard InChI is InChI=1S/C20H21BrO5/c1-13(2)18(20(23)24-3)26-17-11-15(9-10-16(17)21)19(22)25-12-14-7-5-4-6-8-14/h4-11,13,18H,12H2,1-3H3. The summed E-state index contributed by atoms with van der Waals surface area (Å²) < 4.78 is 16.5. The van der Waals surface area contributed by atoms with Gasteiger partial charge in [0.15, 0.2) is 6.10 Å². The molecule has 6 heteroatoms. The molecule has 0 aliphatic rings. The Balaban J connectivity index is 2.12. The summed E-state index contributed by atoms with van der Waals surface area (Å²) in [5.41, 5.74) is 1.24. The second kappa shape index (κ2) is 9.38. The lowest BCUT2D eigenvalue weighted by Gasteiger charge is -2.21. The molecule has 5 nitrogen and oxygen atoms in total. The molecule has 0 saturated carbocycles. The third-order valence-corrected chi connectivity index (χ3v) is 4.33. The maximum atomic E-state index is 12.3. The molecular weight excluding hydrogens is 400 g/mol. The molecule has 0 amide bonds. The highest BCUT2D eigenvalue weighted by Gasteiger charge is 2.26. The number of hydrogen-bond acceptors (Lipinski definition) is 5. The maximum Gasteiger partial charge on any atom is 0.347 e. The molecule has 2 aromatic carbocycles. The molecular formula is C20H21BrO5. The van der Waals surface area contributed by atoms with Crippen molar-refractivity contribution in [2.75, 3.05) is 7.11 Å². The second-order valence-electron chi connectivity index (χ2n) is 6.01. The number of hydrogen-bond donors (Lipinski definition) is 0. The first kappa shape index (κ1) is 20.0. The van der Waals surface area contributed by atoms with Crippen LogP contribution in [0, 0.1) is 5.92 Å². The van der Waals surface area contributed by atoms with Gasteiger partial charge in [-0.15, -0.1) is 0 Å². The predicted octanol–water partition coefficient (Wildman–Crippen LogP) is 4.38. The summed E-state index contributed by atoms with van der Waals surface area (Å²) in [6.45, 7) is 3.89. The summed E-state index contributed by atoms with van der Waals surface area (Å²) in [6, 6.07) is 14.3. The zero-order valence-corrected chi connectivity index (χ0v) is 16.5. The Labute approximate surface area is 161 Å². The van der Waals surface area contributed by atoms with E-state index in [2.05, 4.69) is 15.9 Å². The van der Waals surface area contributed by atoms with Crippen LogP contribution in [0.5, 0.6) is 5.75 Å². The largest absolute Gasteiger partial charge is 0.477 e. The van der Waals surface area contributed by atoms with Gasteiger partial charge in [0, 0.05) is 5.92 Å². The van der Waals surface area contributed by atoms with Gasteiger partial charge in [-0.05, 0) is 39.7 Å². The fourth-order valence-corrected chi connectivity index (χ4v) is 2.58. The van der Waals surface area contributed by atoms with Crippen molar-refractivity contribution in [1.29, 1.82) is 0 Å². The number of esters is 2. The Kier molecular flexibility index (Phi) is 7.21. The van der Waals surface area contributed by atoms with Gasteiger partial charge in [-0.2, -0.15) is 0 Å². The molecule has 0 radical (unpaired) electrons. The van der Waals surface area contributed by atoms with E-state index < -0.39 is 18.0 Å². The highest BCUT2D eigenvalue weighted by atomic mass is 79.9. The van der Waals surface area contributed by atoms with E-state index >= 15 is 0 Å². The van der Waals surface area contributed by atoms with E-state index in [-0.39, 0.29) is 12.5 Å². The smallest absolute Gasteiger partial charge is 0.347 e. The highest BCUT2D eigenvalue weighted by molar-refractivity contribution is 9.10. The second-order valence-corrected chi connectivity index (χ2v) is 6.87. The van der Waals surface area contributed by atoms with E-state index in [1.54, 1.807) is 18.2 Å². The fourth-order valence-electron chi connectivity index (χ4n) is 2.24. The Hall–Kier alpha value is -2.34. The van der Waals surface area contributed by atoms with E-state index in [9.17, 15) is 9.59 Å². The van der Waals surface area contributed by atoms with E-state index in [0.29, 0.717) is 15.8 Å². The number of carbonyl (C=O) groups is 2. The summed E-state index contributed by atoms with van der Waals surface area (Å²) in [4.78, 5) is 24.2. The molecule has 0 spiro atoms. The van der Waals surface area contributed by atoms with Gasteiger partial charge in [0.2, 0.25) is 0 Å². The van der Waals surface area contributed by atoms with Crippen molar-refractivity contribution >= 4 is 27.9 Å². The Morgan fingerprint density at radius 1 is 1.08 bits per heavy atom. The number of carbonyl (C=O) groups excluding carboxylic acids is 2. The fraction of sp³-hybridized carbons (Fsp3) is 0.300. The summed E-state index contributed by atoms with van der Waals surface area (Å²) in [5.74, 6) is -0.652. The van der Waals surface area contributed by atoms with Crippen molar-refractivity contribution in [2.45, 2.75) is 26.6 Å². The Morgan fingerprint density at radius 3 is 2.38 bits per heavy atom. The molecule has 0 aromatic heterocycles. The molecule has 0 bridgehead atoms. The summed E-state index contributed by atoms with van der Waals surface area (Å²) in [5, 5.41) is 0. The topological polar surface area (TPSA) is 61.8 Å². The first-order chi connectivity index (χ1) is 12.4. The molecule has 2 rings (SSSR count). The average Bonchev–Trinajstić information content (AvgIpc) is 2.65. The van der Waals surface area contributed by atoms with Crippen LogP contribution in [0.3, 0.4) is 0 Å². The van der Waals surface area contributed by atoms with Crippen molar-refractivity contribution in [1.82, 2.24) is 0 Å². The van der Waals surface area contributed by atoms with Crippen molar-refractivity contribution < 1.29 is 23.8 Å². The predicted molar refractivity (Wildman–Crippen MR) is 101 cm³/mol. The minimum absolute atomic E-state index is 0.0944. The number of halogens is 1. The van der Waals surface area contributed by atoms with E-state index in [1.165, 1.54) is 7.11 Å². The zero-order valence-electron chi connectivity index (χ0n) is 14.9. The van der Waals surface area contributed by atoms with Gasteiger partial charge in [-0.25, -0.2) is 9.59 Å². The summed E-state index contributed by atoms with van der Waals surface area (Å²) >= 11 is 3.37. The molecule has 1 atom stereocenters. The normalized spacial score (nSPS) is 11.7. The SMILES string of the molecule is COC(=O)C(Oc1cc(C(=O)OCc2ccccc2)ccc1Br)C(C)C. The van der Waals surface area contributed by atoms with Gasteiger partial charge in [-0.3, -0.25) is 0 Å². The van der Waals surface area contributed by atoms with Crippen LogP contribution >= 0.6 is 15.9 Å². The molecule has 0 aliphatic carbocycles. The van der Waals surface area contributed by atoms with Gasteiger partial charge < -0.3 is 14.2 Å². The molecule has 0 aliphatic heterocycles. The minimum Gasteiger partial charge on any atom is -0.477 e. The summed E-state index contributed by atoms with van der Waals surface area (Å²) in [6.07, 6.45) is -0.771. The monoisotopic (exact) mass is 420 g/mol. The third kappa shape index (κ3) is 5.33. The van der Waals surface area contributed by atoms with Crippen molar-refractivity contribution in [3.63, 3.8) is 0 Å². The molecule has 0 N–H and O–H groups in total. The zero-order chi connectivity index (χ0) is 19.1. The minimum atomic E-state index is -0.771. The Morgan fingerprint density at radius 2 is 1.77 bits per heavy atom. The van der Waals surface area contributed by atoms with Gasteiger partial charge in [0.05, 0.1) is 17.1 Å². The van der Waals surface area contributed by atoms with Crippen molar-refractivity contribution in [3.05, 3.63) is 64.1 Å². The van der Waals surface area contributed by atoms with Crippen LogP contribution in [0.2, 0.25) is 0 Å². The van der Waals surface area contributed by atoms with Crippen molar-refractivity contribution in [2.24, 2.45) is 5.92 Å². The van der Waals surface area contributed by atoms with Crippen LogP contribution in [0.4, 0.5) is 0 Å².